The topological polar surface area (TPSA) is 66.2 Å². The highest BCUT2D eigenvalue weighted by Crippen LogP contribution is 2.17. The number of amides is 1. The lowest BCUT2D eigenvalue weighted by molar-refractivity contribution is 0.0527. The number of nitrogens with one attached hydrogen (secondary N) is 3. The zero-order valence-electron chi connectivity index (χ0n) is 14.2. The number of hydrogen-bond donors (Lipinski definition) is 3. The molecule has 0 unspecified atom stereocenters. The zero-order chi connectivity index (χ0) is 16.7. The highest BCUT2D eigenvalue weighted by Gasteiger charge is 2.15. The Kier molecular flexibility index (Phi) is 6.04. The summed E-state index contributed by atoms with van der Waals surface area (Å²) in [7, 11) is 0. The molecule has 1 aromatic carbocycles. The van der Waals surface area contributed by atoms with Crippen LogP contribution >= 0.6 is 0 Å². The largest absolute Gasteiger partial charge is 0.444 e. The van der Waals surface area contributed by atoms with Gasteiger partial charge >= 0.3 is 6.09 Å². The van der Waals surface area contributed by atoms with Crippen LogP contribution in [0.2, 0.25) is 0 Å². The van der Waals surface area contributed by atoms with Gasteiger partial charge in [-0.3, -0.25) is 0 Å². The third kappa shape index (κ3) is 5.94. The Bertz CT molecular complexity index is 628. The summed E-state index contributed by atoms with van der Waals surface area (Å²) in [6.07, 6.45) is 3.60. The van der Waals surface area contributed by atoms with Gasteiger partial charge in [0.25, 0.3) is 0 Å². The second-order valence-electron chi connectivity index (χ2n) is 6.64. The Morgan fingerprint density at radius 1 is 1.17 bits per heavy atom. The van der Waals surface area contributed by atoms with E-state index in [1.165, 1.54) is 16.5 Å². The van der Waals surface area contributed by atoms with Crippen molar-refractivity contribution in [2.75, 3.05) is 19.6 Å². The van der Waals surface area contributed by atoms with Crippen LogP contribution < -0.4 is 10.6 Å². The van der Waals surface area contributed by atoms with E-state index in [9.17, 15) is 4.79 Å². The van der Waals surface area contributed by atoms with Crippen LogP contribution in [0.5, 0.6) is 0 Å². The molecule has 1 amide bonds. The molecule has 23 heavy (non-hydrogen) atoms. The molecule has 0 saturated carbocycles. The summed E-state index contributed by atoms with van der Waals surface area (Å²) in [4.78, 5) is 14.8. The number of alkyl carbamates (subject to hydrolysis) is 1. The molecule has 0 radical (unpaired) electrons. The van der Waals surface area contributed by atoms with Crippen molar-refractivity contribution in [3.05, 3.63) is 36.0 Å². The van der Waals surface area contributed by atoms with Crippen LogP contribution in [0.4, 0.5) is 4.79 Å². The first-order chi connectivity index (χ1) is 11.0. The summed E-state index contributed by atoms with van der Waals surface area (Å²) in [6.45, 7) is 8.00. The molecule has 0 atom stereocenters. The molecular weight excluding hydrogens is 290 g/mol. The SMILES string of the molecule is CC(C)(C)OC(=O)NCCCNCCc1c[nH]c2ccccc12. The molecule has 0 aliphatic rings. The normalized spacial score (nSPS) is 11.6. The number of para-hydroxylation sites is 1. The van der Waals surface area contributed by atoms with Crippen molar-refractivity contribution in [3.63, 3.8) is 0 Å². The molecule has 5 heteroatoms. The van der Waals surface area contributed by atoms with Gasteiger partial charge in [-0.1, -0.05) is 18.2 Å². The fraction of sp³-hybridized carbons (Fsp3) is 0.500. The van der Waals surface area contributed by atoms with Crippen LogP contribution in [0.15, 0.2) is 30.5 Å². The van der Waals surface area contributed by atoms with Gasteiger partial charge in [-0.25, -0.2) is 4.79 Å². The van der Waals surface area contributed by atoms with Gasteiger partial charge in [0.2, 0.25) is 0 Å². The van der Waals surface area contributed by atoms with Gasteiger partial charge < -0.3 is 20.4 Å². The average Bonchev–Trinajstić information content (AvgIpc) is 2.88. The summed E-state index contributed by atoms with van der Waals surface area (Å²) < 4.78 is 5.18. The van der Waals surface area contributed by atoms with Gasteiger partial charge in [-0.2, -0.15) is 0 Å². The summed E-state index contributed by atoms with van der Waals surface area (Å²) in [6, 6.07) is 8.34. The number of fused-ring (bicyclic) bond motifs is 1. The number of aromatic nitrogens is 1. The lowest BCUT2D eigenvalue weighted by Gasteiger charge is -2.19. The predicted octanol–water partition coefficient (Wildman–Crippen LogP) is 3.21. The Morgan fingerprint density at radius 3 is 2.74 bits per heavy atom. The van der Waals surface area contributed by atoms with Crippen LogP contribution in [-0.4, -0.2) is 36.3 Å². The molecule has 126 valence electrons. The van der Waals surface area contributed by atoms with Crippen molar-refractivity contribution in [3.8, 4) is 0 Å². The quantitative estimate of drug-likeness (QED) is 0.687. The van der Waals surface area contributed by atoms with Crippen molar-refractivity contribution < 1.29 is 9.53 Å². The lowest BCUT2D eigenvalue weighted by atomic mass is 10.1. The van der Waals surface area contributed by atoms with E-state index >= 15 is 0 Å². The summed E-state index contributed by atoms with van der Waals surface area (Å²) in [5, 5.41) is 7.46. The number of benzene rings is 1. The average molecular weight is 317 g/mol. The number of ether oxygens (including phenoxy) is 1. The first-order valence-electron chi connectivity index (χ1n) is 8.18. The maximum atomic E-state index is 11.5. The first-order valence-corrected chi connectivity index (χ1v) is 8.18. The van der Waals surface area contributed by atoms with Gasteiger partial charge in [0, 0.05) is 23.6 Å². The molecule has 0 bridgehead atoms. The van der Waals surface area contributed by atoms with Crippen molar-refractivity contribution in [1.82, 2.24) is 15.6 Å². The Morgan fingerprint density at radius 2 is 1.96 bits per heavy atom. The molecule has 5 nitrogen and oxygen atoms in total. The van der Waals surface area contributed by atoms with Crippen molar-refractivity contribution in [2.45, 2.75) is 39.2 Å². The van der Waals surface area contributed by atoms with Crippen LogP contribution in [0.3, 0.4) is 0 Å². The molecule has 0 spiro atoms. The molecule has 0 fully saturated rings. The van der Waals surface area contributed by atoms with Crippen LogP contribution in [0.25, 0.3) is 10.9 Å². The molecule has 0 aliphatic heterocycles. The molecule has 0 aliphatic carbocycles. The molecule has 0 saturated heterocycles. The molecule has 2 rings (SSSR count). The Labute approximate surface area is 137 Å². The van der Waals surface area contributed by atoms with Crippen LogP contribution in [0, 0.1) is 0 Å². The standard InChI is InChI=1S/C18H27N3O2/c1-18(2,3)23-17(22)20-11-6-10-19-12-9-14-13-21-16-8-5-4-7-15(14)16/h4-5,7-8,13,19,21H,6,9-12H2,1-3H3,(H,20,22). The molecular formula is C18H27N3O2. The van der Waals surface area contributed by atoms with Crippen LogP contribution in [0.1, 0.15) is 32.8 Å². The third-order valence-corrected chi connectivity index (χ3v) is 3.44. The number of rotatable bonds is 7. The molecule has 1 heterocycles. The zero-order valence-corrected chi connectivity index (χ0v) is 14.2. The van der Waals surface area contributed by atoms with Crippen molar-refractivity contribution >= 4 is 17.0 Å². The second kappa shape index (κ2) is 8.02. The summed E-state index contributed by atoms with van der Waals surface area (Å²) in [5.74, 6) is 0. The minimum atomic E-state index is -0.443. The molecule has 3 N–H and O–H groups in total. The van der Waals surface area contributed by atoms with Crippen molar-refractivity contribution in [2.24, 2.45) is 0 Å². The fourth-order valence-electron chi connectivity index (χ4n) is 2.40. The fourth-order valence-corrected chi connectivity index (χ4v) is 2.40. The number of H-pyrrole nitrogens is 1. The third-order valence-electron chi connectivity index (χ3n) is 3.44. The van der Waals surface area contributed by atoms with Gasteiger partial charge in [-0.15, -0.1) is 0 Å². The summed E-state index contributed by atoms with van der Waals surface area (Å²) >= 11 is 0. The maximum absolute atomic E-state index is 11.5. The molecule has 1 aromatic heterocycles. The van der Waals surface area contributed by atoms with Crippen molar-refractivity contribution in [1.29, 1.82) is 0 Å². The number of carbonyl (C=O) groups excluding carboxylic acids is 1. The van der Waals surface area contributed by atoms with E-state index in [2.05, 4.69) is 40.0 Å². The van der Waals surface area contributed by atoms with E-state index in [1.807, 2.05) is 26.8 Å². The smallest absolute Gasteiger partial charge is 0.407 e. The maximum Gasteiger partial charge on any atom is 0.407 e. The van der Waals surface area contributed by atoms with Gasteiger partial charge in [-0.05, 0) is 58.3 Å². The predicted molar refractivity (Wildman–Crippen MR) is 93.7 cm³/mol. The highest BCUT2D eigenvalue weighted by atomic mass is 16.6. The number of hydrogen-bond acceptors (Lipinski definition) is 3. The Balaban J connectivity index is 1.57. The minimum absolute atomic E-state index is 0.351. The number of carbonyl (C=O) groups is 1. The first kappa shape index (κ1) is 17.3. The van der Waals surface area contributed by atoms with E-state index in [4.69, 9.17) is 4.74 Å². The van der Waals surface area contributed by atoms with Crippen LogP contribution in [-0.2, 0) is 11.2 Å². The highest BCUT2D eigenvalue weighted by molar-refractivity contribution is 5.83. The van der Waals surface area contributed by atoms with E-state index in [0.717, 1.165) is 25.9 Å². The van der Waals surface area contributed by atoms with E-state index in [1.54, 1.807) is 0 Å². The van der Waals surface area contributed by atoms with E-state index in [0.29, 0.717) is 6.54 Å². The number of aromatic amines is 1. The lowest BCUT2D eigenvalue weighted by Crippen LogP contribution is -2.34. The second-order valence-corrected chi connectivity index (χ2v) is 6.64. The van der Waals surface area contributed by atoms with E-state index < -0.39 is 5.60 Å². The summed E-state index contributed by atoms with van der Waals surface area (Å²) in [5.41, 5.74) is 2.07. The Hall–Kier alpha value is -2.01. The van der Waals surface area contributed by atoms with Gasteiger partial charge in [0.05, 0.1) is 0 Å². The van der Waals surface area contributed by atoms with E-state index in [-0.39, 0.29) is 6.09 Å². The monoisotopic (exact) mass is 317 g/mol. The minimum Gasteiger partial charge on any atom is -0.444 e. The van der Waals surface area contributed by atoms with Gasteiger partial charge in [0.1, 0.15) is 5.60 Å². The van der Waals surface area contributed by atoms with Gasteiger partial charge in [0.15, 0.2) is 0 Å². The molecule has 2 aromatic rings.